The van der Waals surface area contributed by atoms with E-state index in [1.54, 1.807) is 30.3 Å². The van der Waals surface area contributed by atoms with Crippen LogP contribution in [0.5, 0.6) is 11.5 Å². The van der Waals surface area contributed by atoms with Crippen LogP contribution in [0.3, 0.4) is 0 Å². The molecular formula is C20H17FN2O3. The second-order valence-corrected chi connectivity index (χ2v) is 5.11. The average molecular weight is 352 g/mol. The summed E-state index contributed by atoms with van der Waals surface area (Å²) in [4.78, 5) is 12.3. The fraction of sp³-hybridized carbons (Fsp3) is 0.100. The lowest BCUT2D eigenvalue weighted by atomic mass is 10.1. The molecule has 0 aliphatic heterocycles. The monoisotopic (exact) mass is 352 g/mol. The second kappa shape index (κ2) is 9.04. The predicted molar refractivity (Wildman–Crippen MR) is 97.3 cm³/mol. The predicted octanol–water partition coefficient (Wildman–Crippen LogP) is 3.94. The van der Waals surface area contributed by atoms with Gasteiger partial charge in [0.1, 0.15) is 35.6 Å². The van der Waals surface area contributed by atoms with Gasteiger partial charge in [-0.25, -0.2) is 4.39 Å². The zero-order chi connectivity index (χ0) is 18.9. The third-order valence-corrected chi connectivity index (χ3v) is 3.36. The Morgan fingerprint density at radius 1 is 1.35 bits per heavy atom. The number of hydrogen-bond donors (Lipinski definition) is 1. The first-order chi connectivity index (χ1) is 12.6. The number of rotatable bonds is 7. The molecule has 0 heterocycles. The van der Waals surface area contributed by atoms with Gasteiger partial charge in [-0.2, -0.15) is 5.26 Å². The van der Waals surface area contributed by atoms with Crippen LogP contribution < -0.4 is 14.8 Å². The molecule has 0 fully saturated rings. The molecule has 0 atom stereocenters. The number of benzene rings is 2. The fourth-order valence-electron chi connectivity index (χ4n) is 2.09. The topological polar surface area (TPSA) is 71.3 Å². The normalized spacial score (nSPS) is 10.6. The van der Waals surface area contributed by atoms with Crippen LogP contribution in [-0.2, 0) is 4.79 Å². The molecule has 0 saturated heterocycles. The minimum absolute atomic E-state index is 0.00323. The lowest BCUT2D eigenvalue weighted by molar-refractivity contribution is -0.112. The molecule has 0 aliphatic carbocycles. The van der Waals surface area contributed by atoms with Gasteiger partial charge < -0.3 is 14.8 Å². The van der Waals surface area contributed by atoms with Gasteiger partial charge in [-0.3, -0.25) is 4.79 Å². The van der Waals surface area contributed by atoms with Gasteiger partial charge in [0.2, 0.25) is 0 Å². The van der Waals surface area contributed by atoms with Crippen LogP contribution in [0, 0.1) is 17.1 Å². The Kier molecular flexibility index (Phi) is 6.52. The zero-order valence-electron chi connectivity index (χ0n) is 14.2. The number of nitrogens with zero attached hydrogens (tertiary/aromatic N) is 1. The van der Waals surface area contributed by atoms with Crippen molar-refractivity contribution >= 4 is 17.7 Å². The molecular weight excluding hydrogens is 335 g/mol. The quantitative estimate of drug-likeness (QED) is 0.465. The molecule has 2 aromatic carbocycles. The van der Waals surface area contributed by atoms with Crippen molar-refractivity contribution in [3.05, 3.63) is 72.1 Å². The molecule has 26 heavy (non-hydrogen) atoms. The molecule has 2 rings (SSSR count). The van der Waals surface area contributed by atoms with E-state index in [0.29, 0.717) is 17.1 Å². The number of hydrogen-bond acceptors (Lipinski definition) is 4. The van der Waals surface area contributed by atoms with E-state index >= 15 is 0 Å². The number of nitriles is 1. The first-order valence-electron chi connectivity index (χ1n) is 7.68. The van der Waals surface area contributed by atoms with Gasteiger partial charge in [0.15, 0.2) is 0 Å². The third kappa shape index (κ3) is 4.71. The van der Waals surface area contributed by atoms with E-state index in [2.05, 4.69) is 11.9 Å². The van der Waals surface area contributed by atoms with Crippen molar-refractivity contribution < 1.29 is 18.7 Å². The van der Waals surface area contributed by atoms with Gasteiger partial charge in [0.05, 0.1) is 12.8 Å². The van der Waals surface area contributed by atoms with Gasteiger partial charge in [-0.15, -0.1) is 0 Å². The summed E-state index contributed by atoms with van der Waals surface area (Å²) < 4.78 is 24.4. The van der Waals surface area contributed by atoms with E-state index in [4.69, 9.17) is 9.47 Å². The maximum atomic E-state index is 13.7. The van der Waals surface area contributed by atoms with Crippen molar-refractivity contribution in [3.63, 3.8) is 0 Å². The van der Waals surface area contributed by atoms with Crippen molar-refractivity contribution in [2.24, 2.45) is 0 Å². The van der Waals surface area contributed by atoms with Gasteiger partial charge >= 0.3 is 0 Å². The number of halogens is 1. The molecule has 6 heteroatoms. The fourth-order valence-corrected chi connectivity index (χ4v) is 2.09. The highest BCUT2D eigenvalue weighted by Crippen LogP contribution is 2.27. The lowest BCUT2D eigenvalue weighted by Gasteiger charge is -2.10. The molecule has 132 valence electrons. The molecule has 1 amide bonds. The third-order valence-electron chi connectivity index (χ3n) is 3.36. The van der Waals surface area contributed by atoms with Crippen molar-refractivity contribution in [1.82, 2.24) is 0 Å². The largest absolute Gasteiger partial charge is 0.497 e. The summed E-state index contributed by atoms with van der Waals surface area (Å²) in [7, 11) is 1.52. The summed E-state index contributed by atoms with van der Waals surface area (Å²) in [6.45, 7) is 3.83. The van der Waals surface area contributed by atoms with Crippen LogP contribution in [0.2, 0.25) is 0 Å². The van der Waals surface area contributed by atoms with E-state index < -0.39 is 11.7 Å². The van der Waals surface area contributed by atoms with E-state index in [1.807, 2.05) is 6.07 Å². The van der Waals surface area contributed by atoms with E-state index in [1.165, 1.54) is 31.4 Å². The SMILES string of the molecule is C=CCOc1cc(OC)ccc1/C=C(\C#N)C(=O)Nc1ccccc1F. The van der Waals surface area contributed by atoms with Crippen molar-refractivity contribution in [3.8, 4) is 17.6 Å². The average Bonchev–Trinajstić information content (AvgIpc) is 2.66. The number of amides is 1. The van der Waals surface area contributed by atoms with Crippen LogP contribution in [0.1, 0.15) is 5.56 Å². The Bertz CT molecular complexity index is 885. The van der Waals surface area contributed by atoms with E-state index in [0.717, 1.165) is 0 Å². The molecule has 0 aliphatic rings. The highest BCUT2D eigenvalue weighted by Gasteiger charge is 2.13. The van der Waals surface area contributed by atoms with E-state index in [9.17, 15) is 14.4 Å². The molecule has 0 unspecified atom stereocenters. The maximum Gasteiger partial charge on any atom is 0.266 e. The van der Waals surface area contributed by atoms with Crippen LogP contribution >= 0.6 is 0 Å². The summed E-state index contributed by atoms with van der Waals surface area (Å²) in [5, 5.41) is 11.7. The Labute approximate surface area is 151 Å². The Morgan fingerprint density at radius 3 is 2.77 bits per heavy atom. The number of nitrogens with one attached hydrogen (secondary N) is 1. The number of carbonyl (C=O) groups is 1. The van der Waals surface area contributed by atoms with Gasteiger partial charge in [-0.1, -0.05) is 24.8 Å². The van der Waals surface area contributed by atoms with Crippen molar-refractivity contribution in [2.75, 3.05) is 19.0 Å². The molecule has 0 radical (unpaired) electrons. The van der Waals surface area contributed by atoms with Gasteiger partial charge in [0, 0.05) is 11.6 Å². The standard InChI is InChI=1S/C20H17FN2O3/c1-3-10-26-19-12-16(25-2)9-8-14(19)11-15(13-22)20(24)23-18-7-5-4-6-17(18)21/h3-9,11-12H,1,10H2,2H3,(H,23,24)/b15-11+. The Hall–Kier alpha value is -3.59. The molecule has 0 saturated carbocycles. The Morgan fingerprint density at radius 2 is 2.12 bits per heavy atom. The molecule has 0 bridgehead atoms. The second-order valence-electron chi connectivity index (χ2n) is 5.11. The first-order valence-corrected chi connectivity index (χ1v) is 7.68. The highest BCUT2D eigenvalue weighted by molar-refractivity contribution is 6.09. The molecule has 0 spiro atoms. The summed E-state index contributed by atoms with van der Waals surface area (Å²) in [5.41, 5.74) is 0.311. The van der Waals surface area contributed by atoms with Crippen LogP contribution in [0.25, 0.3) is 6.08 Å². The smallest absolute Gasteiger partial charge is 0.266 e. The van der Waals surface area contributed by atoms with E-state index in [-0.39, 0.29) is 17.9 Å². The van der Waals surface area contributed by atoms with Crippen molar-refractivity contribution in [1.29, 1.82) is 5.26 Å². The summed E-state index contributed by atoms with van der Waals surface area (Å²) in [6, 6.07) is 12.5. The lowest BCUT2D eigenvalue weighted by Crippen LogP contribution is -2.14. The maximum absolute atomic E-state index is 13.7. The van der Waals surface area contributed by atoms with Crippen LogP contribution in [-0.4, -0.2) is 19.6 Å². The zero-order valence-corrected chi connectivity index (χ0v) is 14.2. The molecule has 2 aromatic rings. The minimum atomic E-state index is -0.719. The van der Waals surface area contributed by atoms with Gasteiger partial charge in [0.25, 0.3) is 5.91 Å². The van der Waals surface area contributed by atoms with Crippen molar-refractivity contribution in [2.45, 2.75) is 0 Å². The molecule has 1 N–H and O–H groups in total. The summed E-state index contributed by atoms with van der Waals surface area (Å²) in [6.07, 6.45) is 2.94. The molecule has 5 nitrogen and oxygen atoms in total. The Balaban J connectivity index is 2.32. The molecule has 0 aromatic heterocycles. The highest BCUT2D eigenvalue weighted by atomic mass is 19.1. The number of ether oxygens (including phenoxy) is 2. The van der Waals surface area contributed by atoms with Gasteiger partial charge in [-0.05, 0) is 30.3 Å². The number of anilines is 1. The number of para-hydroxylation sites is 1. The van der Waals surface area contributed by atoms with Crippen LogP contribution in [0.15, 0.2) is 60.7 Å². The van der Waals surface area contributed by atoms with Crippen LogP contribution in [0.4, 0.5) is 10.1 Å². The summed E-state index contributed by atoms with van der Waals surface area (Å²) >= 11 is 0. The number of methoxy groups -OCH3 is 1. The minimum Gasteiger partial charge on any atom is -0.497 e. The first kappa shape index (κ1) is 18.7. The number of carbonyl (C=O) groups excluding carboxylic acids is 1. The summed E-state index contributed by atoms with van der Waals surface area (Å²) in [5.74, 6) is -0.313.